The maximum absolute atomic E-state index is 6.08. The van der Waals surface area contributed by atoms with Gasteiger partial charge in [-0.25, -0.2) is 0 Å². The normalized spacial score (nSPS) is 21.6. The van der Waals surface area contributed by atoms with E-state index in [-0.39, 0.29) is 0 Å². The summed E-state index contributed by atoms with van der Waals surface area (Å²) in [6.07, 6.45) is 0. The predicted molar refractivity (Wildman–Crippen MR) is 72.7 cm³/mol. The first kappa shape index (κ1) is 12.6. The second-order valence-corrected chi connectivity index (χ2v) is 7.06. The van der Waals surface area contributed by atoms with E-state index in [0.29, 0.717) is 16.5 Å². The molecule has 1 fully saturated rings. The summed E-state index contributed by atoms with van der Waals surface area (Å²) in [6, 6.07) is 0. The average Bonchev–Trinajstić information content (AvgIpc) is 2.62. The first-order valence-corrected chi connectivity index (χ1v) is 8.04. The molecule has 1 aliphatic rings. The van der Waals surface area contributed by atoms with E-state index in [1.165, 1.54) is 17.3 Å². The van der Waals surface area contributed by atoms with E-state index in [1.54, 1.807) is 0 Å². The Balaban J connectivity index is 2.09. The number of nitrogens with zero attached hydrogens (tertiary/aromatic N) is 3. The van der Waals surface area contributed by atoms with Gasteiger partial charge in [-0.3, -0.25) is 0 Å². The molecule has 0 amide bonds. The molecule has 0 saturated carbocycles. The van der Waals surface area contributed by atoms with Crippen LogP contribution in [0.25, 0.3) is 0 Å². The van der Waals surface area contributed by atoms with Gasteiger partial charge in [-0.05, 0) is 11.6 Å². The molecule has 0 aromatic carbocycles. The van der Waals surface area contributed by atoms with Crippen LogP contribution in [0, 0.1) is 0 Å². The highest BCUT2D eigenvalue weighted by atomic mass is 35.5. The third-order valence-corrected chi connectivity index (χ3v) is 5.63. The molecule has 90 valence electrons. The topological polar surface area (TPSA) is 30.7 Å². The SMILES string of the molecule is CC(C)c1nnc(Cl)n1CC1CSCCS1. The Labute approximate surface area is 110 Å². The van der Waals surface area contributed by atoms with E-state index < -0.39 is 0 Å². The van der Waals surface area contributed by atoms with Gasteiger partial charge in [0.25, 0.3) is 0 Å². The molecule has 0 bridgehead atoms. The van der Waals surface area contributed by atoms with E-state index in [4.69, 9.17) is 11.6 Å². The van der Waals surface area contributed by atoms with Gasteiger partial charge < -0.3 is 4.57 Å². The smallest absolute Gasteiger partial charge is 0.225 e. The van der Waals surface area contributed by atoms with Crippen LogP contribution in [0.15, 0.2) is 0 Å². The van der Waals surface area contributed by atoms with Crippen LogP contribution < -0.4 is 0 Å². The van der Waals surface area contributed by atoms with Crippen LogP contribution in [-0.2, 0) is 6.54 Å². The van der Waals surface area contributed by atoms with Crippen molar-refractivity contribution in [1.29, 1.82) is 0 Å². The molecule has 1 atom stereocenters. The molecule has 0 spiro atoms. The van der Waals surface area contributed by atoms with Crippen molar-refractivity contribution in [2.24, 2.45) is 0 Å². The molecule has 16 heavy (non-hydrogen) atoms. The molecular weight excluding hydrogens is 262 g/mol. The molecule has 1 aliphatic heterocycles. The zero-order valence-electron chi connectivity index (χ0n) is 9.52. The minimum Gasteiger partial charge on any atom is -0.300 e. The minimum atomic E-state index is 0.376. The van der Waals surface area contributed by atoms with Crippen LogP contribution in [0.3, 0.4) is 0 Å². The van der Waals surface area contributed by atoms with Gasteiger partial charge in [0.05, 0.1) is 0 Å². The number of aromatic nitrogens is 3. The van der Waals surface area contributed by atoms with Crippen molar-refractivity contribution < 1.29 is 0 Å². The molecule has 0 aliphatic carbocycles. The molecule has 2 rings (SSSR count). The monoisotopic (exact) mass is 277 g/mol. The first-order chi connectivity index (χ1) is 7.68. The fraction of sp³-hybridized carbons (Fsp3) is 0.800. The Kier molecular flexibility index (Phi) is 4.44. The molecule has 1 saturated heterocycles. The lowest BCUT2D eigenvalue weighted by molar-refractivity contribution is 0.620. The summed E-state index contributed by atoms with van der Waals surface area (Å²) in [5, 5.41) is 9.28. The van der Waals surface area contributed by atoms with Crippen molar-refractivity contribution in [2.45, 2.75) is 31.6 Å². The van der Waals surface area contributed by atoms with Crippen molar-refractivity contribution in [3.63, 3.8) is 0 Å². The van der Waals surface area contributed by atoms with Gasteiger partial charge in [-0.15, -0.1) is 10.2 Å². The summed E-state index contributed by atoms with van der Waals surface area (Å²) >= 11 is 10.1. The van der Waals surface area contributed by atoms with E-state index in [0.717, 1.165) is 12.4 Å². The highest BCUT2D eigenvalue weighted by molar-refractivity contribution is 8.06. The maximum atomic E-state index is 6.08. The molecule has 1 aromatic heterocycles. The zero-order valence-corrected chi connectivity index (χ0v) is 11.9. The molecule has 3 nitrogen and oxygen atoms in total. The lowest BCUT2D eigenvalue weighted by Gasteiger charge is -2.22. The van der Waals surface area contributed by atoms with Crippen molar-refractivity contribution in [1.82, 2.24) is 14.8 Å². The number of hydrogen-bond acceptors (Lipinski definition) is 4. The van der Waals surface area contributed by atoms with Crippen LogP contribution in [0.2, 0.25) is 5.28 Å². The highest BCUT2D eigenvalue weighted by Crippen LogP contribution is 2.27. The number of rotatable bonds is 3. The number of halogens is 1. The summed E-state index contributed by atoms with van der Waals surface area (Å²) in [5.41, 5.74) is 0. The average molecular weight is 278 g/mol. The van der Waals surface area contributed by atoms with Gasteiger partial charge in [0.1, 0.15) is 5.82 Å². The highest BCUT2D eigenvalue weighted by Gasteiger charge is 2.20. The Morgan fingerprint density at radius 1 is 1.44 bits per heavy atom. The Morgan fingerprint density at radius 2 is 2.25 bits per heavy atom. The van der Waals surface area contributed by atoms with Gasteiger partial charge in [0, 0.05) is 35.0 Å². The third kappa shape index (κ3) is 2.87. The molecule has 6 heteroatoms. The molecule has 2 heterocycles. The van der Waals surface area contributed by atoms with E-state index >= 15 is 0 Å². The summed E-state index contributed by atoms with van der Waals surface area (Å²) in [4.78, 5) is 0. The molecule has 1 unspecified atom stereocenters. The fourth-order valence-corrected chi connectivity index (χ4v) is 4.58. The minimum absolute atomic E-state index is 0.376. The van der Waals surface area contributed by atoms with Crippen LogP contribution >= 0.6 is 35.1 Å². The predicted octanol–water partition coefficient (Wildman–Crippen LogP) is 2.90. The second kappa shape index (κ2) is 5.65. The van der Waals surface area contributed by atoms with Gasteiger partial charge in [-0.2, -0.15) is 23.5 Å². The van der Waals surface area contributed by atoms with Crippen LogP contribution in [0.5, 0.6) is 0 Å². The number of thioether (sulfide) groups is 2. The summed E-state index contributed by atoms with van der Waals surface area (Å²) in [5.74, 6) is 5.10. The molecular formula is C10H16ClN3S2. The molecule has 0 radical (unpaired) electrons. The van der Waals surface area contributed by atoms with E-state index in [2.05, 4.69) is 28.6 Å². The lowest BCUT2D eigenvalue weighted by Crippen LogP contribution is -2.22. The quantitative estimate of drug-likeness (QED) is 0.850. The van der Waals surface area contributed by atoms with E-state index in [9.17, 15) is 0 Å². The number of hydrogen-bond donors (Lipinski definition) is 0. The maximum Gasteiger partial charge on any atom is 0.225 e. The standard InChI is InChI=1S/C10H16ClN3S2/c1-7(2)9-12-13-10(11)14(9)5-8-6-15-3-4-16-8/h7-8H,3-6H2,1-2H3. The zero-order chi connectivity index (χ0) is 11.5. The van der Waals surface area contributed by atoms with Crippen molar-refractivity contribution in [2.75, 3.05) is 17.3 Å². The summed E-state index contributed by atoms with van der Waals surface area (Å²) < 4.78 is 2.07. The Bertz CT molecular complexity index is 348. The van der Waals surface area contributed by atoms with E-state index in [1.807, 2.05) is 23.5 Å². The molecule has 0 N–H and O–H groups in total. The lowest BCUT2D eigenvalue weighted by atomic mass is 10.2. The first-order valence-electron chi connectivity index (χ1n) is 5.46. The van der Waals surface area contributed by atoms with Gasteiger partial charge in [0.15, 0.2) is 0 Å². The van der Waals surface area contributed by atoms with Gasteiger partial charge in [0.2, 0.25) is 5.28 Å². The van der Waals surface area contributed by atoms with Crippen LogP contribution in [0.1, 0.15) is 25.6 Å². The van der Waals surface area contributed by atoms with Crippen LogP contribution in [-0.4, -0.2) is 37.3 Å². The van der Waals surface area contributed by atoms with Crippen LogP contribution in [0.4, 0.5) is 0 Å². The summed E-state index contributed by atoms with van der Waals surface area (Å²) in [6.45, 7) is 5.19. The molecule has 1 aromatic rings. The van der Waals surface area contributed by atoms with Crippen molar-refractivity contribution >= 4 is 35.1 Å². The Hall–Kier alpha value is 0.130. The largest absolute Gasteiger partial charge is 0.300 e. The van der Waals surface area contributed by atoms with Gasteiger partial charge >= 0.3 is 0 Å². The second-order valence-electron chi connectivity index (χ2n) is 4.16. The van der Waals surface area contributed by atoms with Gasteiger partial charge in [-0.1, -0.05) is 13.8 Å². The Morgan fingerprint density at radius 3 is 2.88 bits per heavy atom. The third-order valence-electron chi connectivity index (χ3n) is 2.52. The fourth-order valence-electron chi connectivity index (χ4n) is 1.74. The van der Waals surface area contributed by atoms with Crippen molar-refractivity contribution in [3.05, 3.63) is 11.1 Å². The summed E-state index contributed by atoms with van der Waals surface area (Å²) in [7, 11) is 0. The van der Waals surface area contributed by atoms with Crippen molar-refractivity contribution in [3.8, 4) is 0 Å².